The van der Waals surface area contributed by atoms with E-state index in [0.29, 0.717) is 12.0 Å². The summed E-state index contributed by atoms with van der Waals surface area (Å²) in [6.45, 7) is 2.09. The van der Waals surface area contributed by atoms with E-state index < -0.39 is 16.0 Å². The lowest BCUT2D eigenvalue weighted by Gasteiger charge is -2.11. The van der Waals surface area contributed by atoms with E-state index >= 15 is 0 Å². The van der Waals surface area contributed by atoms with E-state index in [1.807, 2.05) is 31.2 Å². The molecule has 0 spiro atoms. The Morgan fingerprint density at radius 2 is 1.74 bits per heavy atom. The molecule has 1 unspecified atom stereocenters. The third-order valence-corrected chi connectivity index (χ3v) is 5.69. The Hall–Kier alpha value is -2.71. The quantitative estimate of drug-likeness (QED) is 0.385. The SMILES string of the molecule is CC(CC(=O)O)c1ccc(CCNS(=O)(=O)c2ccc(C(=N)N)cc2)cc1. The first-order valence-electron chi connectivity index (χ1n) is 8.44. The van der Waals surface area contributed by atoms with Crippen LogP contribution in [-0.2, 0) is 21.2 Å². The minimum absolute atomic E-state index is 0.0710. The van der Waals surface area contributed by atoms with Gasteiger partial charge in [0.25, 0.3) is 0 Å². The van der Waals surface area contributed by atoms with Gasteiger partial charge in [-0.1, -0.05) is 31.2 Å². The van der Waals surface area contributed by atoms with Crippen LogP contribution >= 0.6 is 0 Å². The summed E-state index contributed by atoms with van der Waals surface area (Å²) in [4.78, 5) is 10.9. The van der Waals surface area contributed by atoms with Gasteiger partial charge in [-0.15, -0.1) is 0 Å². The van der Waals surface area contributed by atoms with Crippen molar-refractivity contribution in [3.63, 3.8) is 0 Å². The molecule has 0 amide bonds. The number of benzene rings is 2. The second-order valence-electron chi connectivity index (χ2n) is 6.33. The van der Waals surface area contributed by atoms with Crippen LogP contribution in [-0.4, -0.2) is 31.9 Å². The largest absolute Gasteiger partial charge is 0.481 e. The number of rotatable bonds is 9. The number of hydrogen-bond acceptors (Lipinski definition) is 4. The highest BCUT2D eigenvalue weighted by atomic mass is 32.2. The van der Waals surface area contributed by atoms with Crippen LogP contribution in [0.15, 0.2) is 53.4 Å². The Balaban J connectivity index is 1.93. The second-order valence-corrected chi connectivity index (χ2v) is 8.09. The molecule has 5 N–H and O–H groups in total. The molecule has 0 saturated carbocycles. The van der Waals surface area contributed by atoms with Crippen molar-refractivity contribution in [2.45, 2.75) is 30.6 Å². The van der Waals surface area contributed by atoms with Crippen molar-refractivity contribution in [1.82, 2.24) is 4.72 Å². The average molecular weight is 389 g/mol. The third-order valence-electron chi connectivity index (χ3n) is 4.21. The number of carboxylic acid groups (broad SMARTS) is 1. The zero-order valence-corrected chi connectivity index (χ0v) is 15.8. The molecule has 144 valence electrons. The van der Waals surface area contributed by atoms with Crippen molar-refractivity contribution in [1.29, 1.82) is 5.41 Å². The highest BCUT2D eigenvalue weighted by Crippen LogP contribution is 2.19. The molecular weight excluding hydrogens is 366 g/mol. The van der Waals surface area contributed by atoms with Crippen LogP contribution in [0.1, 0.15) is 36.0 Å². The van der Waals surface area contributed by atoms with Crippen LogP contribution in [0.4, 0.5) is 0 Å². The summed E-state index contributed by atoms with van der Waals surface area (Å²) in [5, 5.41) is 16.2. The fraction of sp³-hybridized carbons (Fsp3) is 0.263. The zero-order valence-electron chi connectivity index (χ0n) is 15.0. The van der Waals surface area contributed by atoms with Crippen LogP contribution in [0.2, 0.25) is 0 Å². The number of sulfonamides is 1. The van der Waals surface area contributed by atoms with E-state index in [9.17, 15) is 13.2 Å². The van der Waals surface area contributed by atoms with E-state index in [0.717, 1.165) is 11.1 Å². The topological polar surface area (TPSA) is 133 Å². The Labute approximate surface area is 158 Å². The van der Waals surface area contributed by atoms with E-state index in [1.54, 1.807) is 0 Å². The van der Waals surface area contributed by atoms with Gasteiger partial charge in [0.1, 0.15) is 5.84 Å². The number of nitrogen functional groups attached to an aromatic ring is 1. The fourth-order valence-electron chi connectivity index (χ4n) is 2.62. The second kappa shape index (κ2) is 8.79. The molecule has 1 atom stereocenters. The predicted octanol–water partition coefficient (Wildman–Crippen LogP) is 2.07. The maximum atomic E-state index is 12.3. The summed E-state index contributed by atoms with van der Waals surface area (Å²) in [7, 11) is -3.63. The van der Waals surface area contributed by atoms with Crippen LogP contribution in [0.3, 0.4) is 0 Å². The molecule has 0 aliphatic heterocycles. The normalized spacial score (nSPS) is 12.5. The molecule has 2 rings (SSSR count). The van der Waals surface area contributed by atoms with E-state index in [2.05, 4.69) is 4.72 Å². The standard InChI is InChI=1S/C19H23N3O4S/c1-13(12-18(23)24)15-4-2-14(3-5-15)10-11-22-27(25,26)17-8-6-16(7-9-17)19(20)21/h2-9,13,22H,10-12H2,1H3,(H3,20,21)(H,23,24). The van der Waals surface area contributed by atoms with Crippen LogP contribution in [0, 0.1) is 5.41 Å². The number of carboxylic acids is 1. The fourth-order valence-corrected chi connectivity index (χ4v) is 3.65. The lowest BCUT2D eigenvalue weighted by Crippen LogP contribution is -2.26. The lowest BCUT2D eigenvalue weighted by molar-refractivity contribution is -0.137. The summed E-state index contributed by atoms with van der Waals surface area (Å²) >= 11 is 0. The molecule has 2 aromatic rings. The molecule has 0 bridgehead atoms. The highest BCUT2D eigenvalue weighted by Gasteiger charge is 2.14. The van der Waals surface area contributed by atoms with Crippen molar-refractivity contribution in [3.8, 4) is 0 Å². The molecule has 0 aliphatic rings. The molecule has 0 aliphatic carbocycles. The van der Waals surface area contributed by atoms with Crippen molar-refractivity contribution < 1.29 is 18.3 Å². The molecule has 0 radical (unpaired) electrons. The molecule has 2 aromatic carbocycles. The molecule has 0 fully saturated rings. The van der Waals surface area contributed by atoms with Crippen LogP contribution in [0.25, 0.3) is 0 Å². The van der Waals surface area contributed by atoms with Gasteiger partial charge in [-0.25, -0.2) is 13.1 Å². The molecule has 27 heavy (non-hydrogen) atoms. The van der Waals surface area contributed by atoms with Gasteiger partial charge in [-0.05, 0) is 47.7 Å². The Bertz CT molecular complexity index is 907. The molecule has 0 aromatic heterocycles. The third kappa shape index (κ3) is 5.90. The summed E-state index contributed by atoms with van der Waals surface area (Å²) in [6, 6.07) is 13.3. The monoisotopic (exact) mass is 389 g/mol. The average Bonchev–Trinajstić information content (AvgIpc) is 2.61. The molecular formula is C19H23N3O4S. The summed E-state index contributed by atoms with van der Waals surface area (Å²) in [6.07, 6.45) is 0.583. The lowest BCUT2D eigenvalue weighted by atomic mass is 9.96. The van der Waals surface area contributed by atoms with E-state index in [1.165, 1.54) is 24.3 Å². The van der Waals surface area contributed by atoms with Gasteiger partial charge >= 0.3 is 5.97 Å². The van der Waals surface area contributed by atoms with Gasteiger partial charge in [0, 0.05) is 12.1 Å². The summed E-state index contributed by atoms with van der Waals surface area (Å²) < 4.78 is 27.1. The van der Waals surface area contributed by atoms with Crippen LogP contribution < -0.4 is 10.5 Å². The van der Waals surface area contributed by atoms with Gasteiger partial charge in [0.2, 0.25) is 10.0 Å². The van der Waals surface area contributed by atoms with Gasteiger partial charge in [0.05, 0.1) is 11.3 Å². The number of aliphatic carboxylic acids is 1. The van der Waals surface area contributed by atoms with Crippen molar-refractivity contribution in [2.24, 2.45) is 5.73 Å². The van der Waals surface area contributed by atoms with E-state index in [-0.39, 0.29) is 29.6 Å². The highest BCUT2D eigenvalue weighted by molar-refractivity contribution is 7.89. The molecule has 0 saturated heterocycles. The summed E-state index contributed by atoms with van der Waals surface area (Å²) in [5.74, 6) is -1.03. The zero-order chi connectivity index (χ0) is 20.0. The van der Waals surface area contributed by atoms with Crippen molar-refractivity contribution in [3.05, 3.63) is 65.2 Å². The van der Waals surface area contributed by atoms with Gasteiger partial charge < -0.3 is 10.8 Å². The van der Waals surface area contributed by atoms with Crippen LogP contribution in [0.5, 0.6) is 0 Å². The minimum Gasteiger partial charge on any atom is -0.481 e. The Kier molecular flexibility index (Phi) is 6.70. The van der Waals surface area contributed by atoms with E-state index in [4.69, 9.17) is 16.2 Å². The smallest absolute Gasteiger partial charge is 0.303 e. The number of amidine groups is 1. The number of nitrogens with one attached hydrogen (secondary N) is 2. The number of hydrogen-bond donors (Lipinski definition) is 4. The first kappa shape index (κ1) is 20.6. The molecule has 7 nitrogen and oxygen atoms in total. The van der Waals surface area contributed by atoms with Gasteiger partial charge in [0.15, 0.2) is 0 Å². The summed E-state index contributed by atoms with van der Waals surface area (Å²) in [5.41, 5.74) is 7.72. The predicted molar refractivity (Wildman–Crippen MR) is 103 cm³/mol. The van der Waals surface area contributed by atoms with Crippen molar-refractivity contribution >= 4 is 21.8 Å². The first-order valence-corrected chi connectivity index (χ1v) is 9.92. The Morgan fingerprint density at radius 3 is 2.26 bits per heavy atom. The maximum Gasteiger partial charge on any atom is 0.303 e. The van der Waals surface area contributed by atoms with Gasteiger partial charge in [-0.3, -0.25) is 10.2 Å². The molecule has 8 heteroatoms. The minimum atomic E-state index is -3.63. The van der Waals surface area contributed by atoms with Crippen molar-refractivity contribution in [2.75, 3.05) is 6.54 Å². The number of nitrogens with two attached hydrogens (primary N) is 1. The molecule has 0 heterocycles. The van der Waals surface area contributed by atoms with Gasteiger partial charge in [-0.2, -0.15) is 0 Å². The first-order chi connectivity index (χ1) is 12.7. The maximum absolute atomic E-state index is 12.3. The number of carbonyl (C=O) groups is 1. The Morgan fingerprint density at radius 1 is 1.15 bits per heavy atom.